The molecule has 0 amide bonds. The second-order valence-electron chi connectivity index (χ2n) is 0.687. The highest BCUT2D eigenvalue weighted by molar-refractivity contribution is 4.42. The molecule has 0 aliphatic carbocycles. The largest absolute Gasteiger partial charge is 0.343 e. The first-order valence-corrected chi connectivity index (χ1v) is 0.959. The number of hydrogen-bond donors (Lipinski definition) is 3. The van der Waals surface area contributed by atoms with E-state index in [0.29, 0.717) is 0 Å². The summed E-state index contributed by atoms with van der Waals surface area (Å²) >= 11 is 0. The van der Waals surface area contributed by atoms with Crippen molar-refractivity contribution in [2.24, 2.45) is 0 Å². The first kappa shape index (κ1) is 4.88. The summed E-state index contributed by atoms with van der Waals surface area (Å²) in [6.07, 6.45) is 0. The Kier molecular flexibility index (Phi) is 0.908. The molecule has 0 aliphatic heterocycles. The van der Waals surface area contributed by atoms with E-state index in [-0.39, 0.29) is 0 Å². The average Bonchev–Trinajstić information content (AvgIpc) is 0.722. The zero-order chi connectivity index (χ0) is 4.50. The number of hydrogen-bond acceptors (Lipinski definition) is 3. The van der Waals surface area contributed by atoms with Gasteiger partial charge in [-0.05, 0) is 0 Å². The normalized spacial score (nSPS) is 12.0. The van der Waals surface area contributed by atoms with E-state index in [2.05, 4.69) is 6.92 Å². The zero-order valence-electron chi connectivity index (χ0n) is 2.42. The van der Waals surface area contributed by atoms with Crippen molar-refractivity contribution in [2.75, 3.05) is 0 Å². The third-order valence-corrected chi connectivity index (χ3v) is 0. The van der Waals surface area contributed by atoms with Gasteiger partial charge in [-0.15, -0.1) is 0 Å². The van der Waals surface area contributed by atoms with E-state index < -0.39 is 5.97 Å². The van der Waals surface area contributed by atoms with Crippen LogP contribution < -0.4 is 0 Å². The summed E-state index contributed by atoms with van der Waals surface area (Å²) in [5.74, 6) is -3.00. The highest BCUT2D eigenvalue weighted by Gasteiger charge is 2.04. The Labute approximate surface area is 29.5 Å². The van der Waals surface area contributed by atoms with Crippen molar-refractivity contribution in [3.63, 3.8) is 0 Å². The molecule has 0 bridgehead atoms. The summed E-state index contributed by atoms with van der Waals surface area (Å²) in [5, 5.41) is 22.2. The van der Waals surface area contributed by atoms with Gasteiger partial charge in [-0.1, -0.05) is 0 Å². The molecule has 3 heteroatoms. The molecule has 2 radical (unpaired) electrons. The monoisotopic (exact) mass is 76.0 g/mol. The van der Waals surface area contributed by atoms with E-state index in [0.717, 1.165) is 0 Å². The first-order chi connectivity index (χ1) is 2.00. The van der Waals surface area contributed by atoms with Crippen LogP contribution in [0, 0.1) is 6.92 Å². The lowest BCUT2D eigenvalue weighted by molar-refractivity contribution is -0.276. The Balaban J connectivity index is 3.02. The fourth-order valence-electron chi connectivity index (χ4n) is 0. The molecule has 0 rings (SSSR count). The molecule has 0 unspecified atom stereocenters. The predicted octanol–water partition coefficient (Wildman–Crippen LogP) is -1.67. The quantitative estimate of drug-likeness (QED) is 0.302. The minimum Gasteiger partial charge on any atom is -0.343 e. The maximum Gasteiger partial charge on any atom is 0.279 e. The third-order valence-electron chi connectivity index (χ3n) is 0. The summed E-state index contributed by atoms with van der Waals surface area (Å²) in [4.78, 5) is 0. The van der Waals surface area contributed by atoms with E-state index >= 15 is 0 Å². The molecular formula is C2H4O3. The molecule has 0 spiro atoms. The number of aliphatic hydroxyl groups is 3. The lowest BCUT2D eigenvalue weighted by atomic mass is 10.7. The maximum atomic E-state index is 7.41. The molecule has 0 heterocycles. The minimum absolute atomic E-state index is 3.00. The number of rotatable bonds is 0. The van der Waals surface area contributed by atoms with Gasteiger partial charge in [-0.3, -0.25) is 0 Å². The molecular weight excluding hydrogens is 72.0 g/mol. The standard InChI is InChI=1S/C2H4O3/c1-2(3,4)5/h1,3-5H. The summed E-state index contributed by atoms with van der Waals surface area (Å²) < 4.78 is 0. The van der Waals surface area contributed by atoms with Crippen molar-refractivity contribution in [3.8, 4) is 0 Å². The van der Waals surface area contributed by atoms with E-state index in [1.807, 2.05) is 0 Å². The van der Waals surface area contributed by atoms with Crippen molar-refractivity contribution < 1.29 is 15.3 Å². The molecule has 30 valence electrons. The van der Waals surface area contributed by atoms with Crippen molar-refractivity contribution in [1.82, 2.24) is 0 Å². The SMILES string of the molecule is [CH]C(O)(O)O. The second-order valence-corrected chi connectivity index (χ2v) is 0.687. The van der Waals surface area contributed by atoms with E-state index in [4.69, 9.17) is 15.3 Å². The van der Waals surface area contributed by atoms with Gasteiger partial charge < -0.3 is 15.3 Å². The van der Waals surface area contributed by atoms with Crippen LogP contribution in [-0.2, 0) is 0 Å². The average molecular weight is 76.1 g/mol. The molecule has 0 saturated heterocycles. The van der Waals surface area contributed by atoms with E-state index in [1.54, 1.807) is 0 Å². The van der Waals surface area contributed by atoms with Crippen LogP contribution in [0.4, 0.5) is 0 Å². The molecule has 0 aliphatic rings. The van der Waals surface area contributed by atoms with Gasteiger partial charge in [-0.2, -0.15) is 0 Å². The summed E-state index contributed by atoms with van der Waals surface area (Å²) in [6.45, 7) is 4.02. The Morgan fingerprint density at radius 1 is 1.20 bits per heavy atom. The van der Waals surface area contributed by atoms with Gasteiger partial charge in [0.15, 0.2) is 0 Å². The topological polar surface area (TPSA) is 60.7 Å². The van der Waals surface area contributed by atoms with Crippen molar-refractivity contribution in [1.29, 1.82) is 0 Å². The van der Waals surface area contributed by atoms with Gasteiger partial charge >= 0.3 is 0 Å². The zero-order valence-corrected chi connectivity index (χ0v) is 2.42. The van der Waals surface area contributed by atoms with Crippen molar-refractivity contribution >= 4 is 0 Å². The lowest BCUT2D eigenvalue weighted by Gasteiger charge is -2.01. The lowest BCUT2D eigenvalue weighted by Crippen LogP contribution is -2.21. The Hall–Kier alpha value is -0.120. The maximum absolute atomic E-state index is 7.41. The third kappa shape index (κ3) is 952. The van der Waals surface area contributed by atoms with Gasteiger partial charge in [-0.25, -0.2) is 0 Å². The summed E-state index contributed by atoms with van der Waals surface area (Å²) in [6, 6.07) is 0. The molecule has 0 fully saturated rings. The van der Waals surface area contributed by atoms with Crippen LogP contribution in [0.2, 0.25) is 0 Å². The van der Waals surface area contributed by atoms with Gasteiger partial charge in [0.1, 0.15) is 0 Å². The van der Waals surface area contributed by atoms with Crippen LogP contribution in [0.5, 0.6) is 0 Å². The van der Waals surface area contributed by atoms with Gasteiger partial charge in [0.2, 0.25) is 0 Å². The molecule has 0 aromatic carbocycles. The second kappa shape index (κ2) is 0.931. The highest BCUT2D eigenvalue weighted by atomic mass is 16.7. The smallest absolute Gasteiger partial charge is 0.279 e. The van der Waals surface area contributed by atoms with Crippen LogP contribution in [0.25, 0.3) is 0 Å². The molecule has 0 aromatic rings. The van der Waals surface area contributed by atoms with E-state index in [9.17, 15) is 0 Å². The highest BCUT2D eigenvalue weighted by Crippen LogP contribution is 1.81. The van der Waals surface area contributed by atoms with Gasteiger partial charge in [0, 0.05) is 0 Å². The van der Waals surface area contributed by atoms with Crippen molar-refractivity contribution in [2.45, 2.75) is 5.97 Å². The Morgan fingerprint density at radius 3 is 1.20 bits per heavy atom. The predicted molar refractivity (Wildman–Crippen MR) is 13.7 cm³/mol. The van der Waals surface area contributed by atoms with Crippen LogP contribution in [-0.4, -0.2) is 21.3 Å². The Bertz CT molecular complexity index is 20.4. The Morgan fingerprint density at radius 2 is 1.20 bits per heavy atom. The molecule has 5 heavy (non-hydrogen) atoms. The van der Waals surface area contributed by atoms with E-state index in [1.165, 1.54) is 0 Å². The fraction of sp³-hybridized carbons (Fsp3) is 0.500. The van der Waals surface area contributed by atoms with Crippen molar-refractivity contribution in [3.05, 3.63) is 6.92 Å². The fourth-order valence-corrected chi connectivity index (χ4v) is 0. The summed E-state index contributed by atoms with van der Waals surface area (Å²) in [5.41, 5.74) is 0. The molecule has 3 N–H and O–H groups in total. The van der Waals surface area contributed by atoms with Crippen LogP contribution >= 0.6 is 0 Å². The van der Waals surface area contributed by atoms with Gasteiger partial charge in [0.25, 0.3) is 5.97 Å². The van der Waals surface area contributed by atoms with Crippen LogP contribution in [0.1, 0.15) is 0 Å². The molecule has 0 atom stereocenters. The molecule has 3 nitrogen and oxygen atoms in total. The first-order valence-electron chi connectivity index (χ1n) is 0.959. The molecule has 0 aromatic heterocycles. The molecule has 0 saturated carbocycles. The van der Waals surface area contributed by atoms with Crippen LogP contribution in [0.15, 0.2) is 0 Å². The minimum atomic E-state index is -3.00. The van der Waals surface area contributed by atoms with Crippen LogP contribution in [0.3, 0.4) is 0 Å². The van der Waals surface area contributed by atoms with Gasteiger partial charge in [0.05, 0.1) is 6.92 Å². The summed E-state index contributed by atoms with van der Waals surface area (Å²) in [7, 11) is 0.